The molecule has 2 bridgehead atoms. The number of rotatable bonds is 13. The van der Waals surface area contributed by atoms with E-state index in [0.717, 1.165) is 51.4 Å². The van der Waals surface area contributed by atoms with Crippen LogP contribution in [-0.4, -0.2) is 91.9 Å². The van der Waals surface area contributed by atoms with Crippen molar-refractivity contribution >= 4 is 29.5 Å². The maximum absolute atomic E-state index is 14.7. The van der Waals surface area contributed by atoms with Gasteiger partial charge in [0.1, 0.15) is 6.04 Å². The third-order valence-electron chi connectivity index (χ3n) is 9.88. The molecule has 1 saturated carbocycles. The SMILES string of the molecule is C=CCN(CCC)C(=O)[C@@H]1[C@H]2C(=O)N([C@@H](CO)[C@@H](C)CC)C(C(=O)N(CC=C)C3CCCCC3)C23CC[C@H]1S3. The minimum atomic E-state index is -0.671. The normalized spacial score (nSPS) is 31.6. The second-order valence-corrected chi connectivity index (χ2v) is 13.7. The van der Waals surface area contributed by atoms with E-state index in [2.05, 4.69) is 27.0 Å². The highest BCUT2D eigenvalue weighted by Gasteiger charge is 2.74. The zero-order valence-electron chi connectivity index (χ0n) is 24.2. The lowest BCUT2D eigenvalue weighted by Gasteiger charge is -2.43. The smallest absolute Gasteiger partial charge is 0.247 e. The first-order chi connectivity index (χ1) is 18.8. The van der Waals surface area contributed by atoms with Gasteiger partial charge in [-0.05, 0) is 38.0 Å². The fraction of sp³-hybridized carbons (Fsp3) is 0.774. The van der Waals surface area contributed by atoms with Gasteiger partial charge in [-0.1, -0.05) is 58.6 Å². The molecule has 0 aromatic carbocycles. The zero-order chi connectivity index (χ0) is 28.3. The predicted molar refractivity (Wildman–Crippen MR) is 157 cm³/mol. The topological polar surface area (TPSA) is 81.2 Å². The number of thioether (sulfide) groups is 1. The first kappa shape index (κ1) is 30.2. The second-order valence-electron chi connectivity index (χ2n) is 12.1. The van der Waals surface area contributed by atoms with Crippen LogP contribution in [0.25, 0.3) is 0 Å². The molecule has 1 aliphatic carbocycles. The van der Waals surface area contributed by atoms with Gasteiger partial charge in [0.05, 0.1) is 29.2 Å². The molecule has 0 aromatic rings. The van der Waals surface area contributed by atoms with E-state index >= 15 is 0 Å². The van der Waals surface area contributed by atoms with E-state index < -0.39 is 28.7 Å². The molecule has 0 radical (unpaired) electrons. The standard InChI is InChI=1S/C31H49N3O4S/c1-6-17-32(18-7-2)28(36)25-24-15-16-31(39-24)26(25)29(37)34(23(20-35)21(5)9-4)27(31)30(38)33(19-8-3)22-13-11-10-12-14-22/h6,8,21-27,35H,1,3,7,9-20H2,2,4-5H3/t21-,23-,24+,25-,26-,27?,31?/m0/s1. The van der Waals surface area contributed by atoms with E-state index in [1.807, 2.05) is 16.7 Å². The quantitative estimate of drug-likeness (QED) is 0.341. The van der Waals surface area contributed by atoms with E-state index in [1.54, 1.807) is 28.8 Å². The van der Waals surface area contributed by atoms with Crippen LogP contribution in [-0.2, 0) is 14.4 Å². The van der Waals surface area contributed by atoms with Crippen LogP contribution < -0.4 is 0 Å². The number of carbonyl (C=O) groups is 3. The Hall–Kier alpha value is -1.80. The van der Waals surface area contributed by atoms with Crippen molar-refractivity contribution in [2.45, 2.75) is 107 Å². The molecule has 4 aliphatic rings. The van der Waals surface area contributed by atoms with Crippen molar-refractivity contribution < 1.29 is 19.5 Å². The van der Waals surface area contributed by atoms with E-state index in [1.165, 1.54) is 6.42 Å². The molecule has 4 fully saturated rings. The molecule has 0 aromatic heterocycles. The van der Waals surface area contributed by atoms with E-state index in [-0.39, 0.29) is 41.5 Å². The van der Waals surface area contributed by atoms with Crippen LogP contribution in [0.5, 0.6) is 0 Å². The maximum atomic E-state index is 14.7. The molecule has 1 spiro atoms. The molecule has 39 heavy (non-hydrogen) atoms. The highest BCUT2D eigenvalue weighted by Crippen LogP contribution is 2.67. The summed E-state index contributed by atoms with van der Waals surface area (Å²) in [5.74, 6) is -1.07. The molecule has 2 unspecified atom stereocenters. The molecule has 3 amide bonds. The fourth-order valence-corrected chi connectivity index (χ4v) is 10.1. The van der Waals surface area contributed by atoms with Crippen LogP contribution in [0.2, 0.25) is 0 Å². The number of hydrogen-bond donors (Lipinski definition) is 1. The number of fused-ring (bicyclic) bond motifs is 1. The molecule has 3 heterocycles. The lowest BCUT2D eigenvalue weighted by molar-refractivity contribution is -0.149. The molecule has 3 aliphatic heterocycles. The van der Waals surface area contributed by atoms with Crippen molar-refractivity contribution in [3.63, 3.8) is 0 Å². The number of aliphatic hydroxyl groups is 1. The largest absolute Gasteiger partial charge is 0.394 e. The third-order valence-corrected chi connectivity index (χ3v) is 11.8. The molecule has 218 valence electrons. The number of likely N-dealkylation sites (tertiary alicyclic amines) is 1. The van der Waals surface area contributed by atoms with Gasteiger partial charge in [-0.2, -0.15) is 0 Å². The van der Waals surface area contributed by atoms with Crippen LogP contribution in [0.3, 0.4) is 0 Å². The average Bonchev–Trinajstić information content (AvgIpc) is 3.59. The van der Waals surface area contributed by atoms with E-state index in [9.17, 15) is 19.5 Å². The van der Waals surface area contributed by atoms with Crippen molar-refractivity contribution in [1.82, 2.24) is 14.7 Å². The Morgan fingerprint density at radius 1 is 1.13 bits per heavy atom. The van der Waals surface area contributed by atoms with Crippen LogP contribution in [0.15, 0.2) is 25.3 Å². The van der Waals surface area contributed by atoms with E-state index in [0.29, 0.717) is 19.6 Å². The van der Waals surface area contributed by atoms with Crippen LogP contribution in [0, 0.1) is 17.8 Å². The summed E-state index contributed by atoms with van der Waals surface area (Å²) in [5.41, 5.74) is 0. The average molecular weight is 560 g/mol. The predicted octanol–water partition coefficient (Wildman–Crippen LogP) is 4.26. The van der Waals surface area contributed by atoms with Gasteiger partial charge in [0.15, 0.2) is 0 Å². The number of amides is 3. The molecule has 8 heteroatoms. The maximum Gasteiger partial charge on any atom is 0.247 e. The summed E-state index contributed by atoms with van der Waals surface area (Å²) in [6.45, 7) is 15.3. The fourth-order valence-electron chi connectivity index (χ4n) is 7.86. The van der Waals surface area contributed by atoms with Gasteiger partial charge < -0.3 is 19.8 Å². The molecule has 3 saturated heterocycles. The number of hydrogen-bond acceptors (Lipinski definition) is 5. The minimum absolute atomic E-state index is 0.0153. The number of aliphatic hydroxyl groups excluding tert-OH is 1. The van der Waals surface area contributed by atoms with Crippen molar-refractivity contribution in [2.75, 3.05) is 26.2 Å². The lowest BCUT2D eigenvalue weighted by atomic mass is 9.70. The summed E-state index contributed by atoms with van der Waals surface area (Å²) < 4.78 is -0.639. The highest BCUT2D eigenvalue weighted by molar-refractivity contribution is 8.02. The summed E-state index contributed by atoms with van der Waals surface area (Å²) in [4.78, 5) is 48.9. The lowest BCUT2D eigenvalue weighted by Crippen LogP contribution is -2.60. The van der Waals surface area contributed by atoms with Crippen molar-refractivity contribution in [1.29, 1.82) is 0 Å². The first-order valence-corrected chi connectivity index (χ1v) is 16.1. The Morgan fingerprint density at radius 2 is 1.82 bits per heavy atom. The molecule has 4 rings (SSSR count). The van der Waals surface area contributed by atoms with Gasteiger partial charge in [-0.25, -0.2) is 0 Å². The second kappa shape index (κ2) is 12.8. The van der Waals surface area contributed by atoms with Crippen molar-refractivity contribution in [3.8, 4) is 0 Å². The summed E-state index contributed by atoms with van der Waals surface area (Å²) >= 11 is 1.72. The Bertz CT molecular complexity index is 937. The van der Waals surface area contributed by atoms with Crippen molar-refractivity contribution in [2.24, 2.45) is 17.8 Å². The number of carbonyl (C=O) groups excluding carboxylic acids is 3. The zero-order valence-corrected chi connectivity index (χ0v) is 25.0. The number of nitrogens with zero attached hydrogens (tertiary/aromatic N) is 3. The minimum Gasteiger partial charge on any atom is -0.394 e. The third kappa shape index (κ3) is 5.20. The Balaban J connectivity index is 1.78. The monoisotopic (exact) mass is 559 g/mol. The Kier molecular flexibility index (Phi) is 9.90. The first-order valence-electron chi connectivity index (χ1n) is 15.2. The molecular weight excluding hydrogens is 510 g/mol. The van der Waals surface area contributed by atoms with Crippen LogP contribution in [0.4, 0.5) is 0 Å². The van der Waals surface area contributed by atoms with E-state index in [4.69, 9.17) is 0 Å². The molecular formula is C31H49N3O4S. The molecule has 7 atom stereocenters. The van der Waals surface area contributed by atoms with Gasteiger partial charge in [0.25, 0.3) is 0 Å². The Morgan fingerprint density at radius 3 is 2.41 bits per heavy atom. The van der Waals surface area contributed by atoms with Crippen molar-refractivity contribution in [3.05, 3.63) is 25.3 Å². The van der Waals surface area contributed by atoms with Gasteiger partial charge in [-0.3, -0.25) is 14.4 Å². The summed E-state index contributed by atoms with van der Waals surface area (Å²) in [5, 5.41) is 10.6. The van der Waals surface area contributed by atoms with Crippen LogP contribution in [0.1, 0.15) is 78.6 Å². The van der Waals surface area contributed by atoms with Gasteiger partial charge >= 0.3 is 0 Å². The van der Waals surface area contributed by atoms with Gasteiger partial charge in [0.2, 0.25) is 17.7 Å². The summed E-state index contributed by atoms with van der Waals surface area (Å²) in [7, 11) is 0. The summed E-state index contributed by atoms with van der Waals surface area (Å²) in [6, 6.07) is -0.986. The van der Waals surface area contributed by atoms with Crippen LogP contribution >= 0.6 is 11.8 Å². The molecule has 7 nitrogen and oxygen atoms in total. The van der Waals surface area contributed by atoms with Gasteiger partial charge in [-0.15, -0.1) is 24.9 Å². The van der Waals surface area contributed by atoms with Gasteiger partial charge in [0, 0.05) is 30.9 Å². The summed E-state index contributed by atoms with van der Waals surface area (Å²) in [6.07, 6.45) is 12.1. The Labute approximate surface area is 239 Å². The highest BCUT2D eigenvalue weighted by atomic mass is 32.2. The molecule has 1 N–H and O–H groups in total.